The Morgan fingerprint density at radius 3 is 2.42 bits per heavy atom. The SMILES string of the molecule is CC(C)C(OCCCO)C(=O)O. The van der Waals surface area contributed by atoms with E-state index in [0.29, 0.717) is 13.0 Å². The van der Waals surface area contributed by atoms with Crippen LogP contribution in [0.3, 0.4) is 0 Å². The van der Waals surface area contributed by atoms with Gasteiger partial charge in [0, 0.05) is 13.2 Å². The zero-order valence-corrected chi connectivity index (χ0v) is 7.49. The molecular weight excluding hydrogens is 160 g/mol. The minimum absolute atomic E-state index is 0.0322. The Morgan fingerprint density at radius 2 is 2.08 bits per heavy atom. The summed E-state index contributed by atoms with van der Waals surface area (Å²) in [7, 11) is 0. The van der Waals surface area contributed by atoms with Crippen molar-refractivity contribution in [2.45, 2.75) is 26.4 Å². The van der Waals surface area contributed by atoms with Gasteiger partial charge in [0.15, 0.2) is 6.10 Å². The molecule has 0 amide bonds. The van der Waals surface area contributed by atoms with E-state index in [1.54, 1.807) is 13.8 Å². The maximum atomic E-state index is 10.5. The molecule has 0 saturated carbocycles. The smallest absolute Gasteiger partial charge is 0.333 e. The molecule has 4 nitrogen and oxygen atoms in total. The number of aliphatic hydroxyl groups is 1. The van der Waals surface area contributed by atoms with Crippen LogP contribution in [0.5, 0.6) is 0 Å². The van der Waals surface area contributed by atoms with Crippen LogP contribution in [0.25, 0.3) is 0 Å². The number of hydrogen-bond acceptors (Lipinski definition) is 3. The molecular formula is C8H16O4. The molecule has 12 heavy (non-hydrogen) atoms. The van der Waals surface area contributed by atoms with Gasteiger partial charge in [0.25, 0.3) is 0 Å². The van der Waals surface area contributed by atoms with Crippen molar-refractivity contribution < 1.29 is 19.7 Å². The van der Waals surface area contributed by atoms with Gasteiger partial charge in [0.1, 0.15) is 0 Å². The highest BCUT2D eigenvalue weighted by atomic mass is 16.5. The summed E-state index contributed by atoms with van der Waals surface area (Å²) in [6.45, 7) is 3.91. The van der Waals surface area contributed by atoms with Crippen LogP contribution in [-0.4, -0.2) is 35.5 Å². The molecule has 1 unspecified atom stereocenters. The molecule has 0 bridgehead atoms. The fraction of sp³-hybridized carbons (Fsp3) is 0.875. The molecule has 0 saturated heterocycles. The third kappa shape index (κ3) is 4.31. The molecule has 0 aromatic carbocycles. The van der Waals surface area contributed by atoms with Crippen LogP contribution < -0.4 is 0 Å². The molecule has 2 N–H and O–H groups in total. The quantitative estimate of drug-likeness (QED) is 0.578. The van der Waals surface area contributed by atoms with Crippen LogP contribution in [-0.2, 0) is 9.53 Å². The van der Waals surface area contributed by atoms with E-state index in [9.17, 15) is 4.79 Å². The van der Waals surface area contributed by atoms with Gasteiger partial charge in [-0.1, -0.05) is 13.8 Å². The zero-order valence-electron chi connectivity index (χ0n) is 7.49. The van der Waals surface area contributed by atoms with E-state index in [-0.39, 0.29) is 12.5 Å². The first-order valence-corrected chi connectivity index (χ1v) is 4.05. The van der Waals surface area contributed by atoms with Crippen LogP contribution in [0, 0.1) is 5.92 Å². The number of ether oxygens (including phenoxy) is 1. The molecule has 0 aliphatic carbocycles. The second-order valence-corrected chi connectivity index (χ2v) is 2.95. The van der Waals surface area contributed by atoms with Gasteiger partial charge < -0.3 is 14.9 Å². The standard InChI is InChI=1S/C8H16O4/c1-6(2)7(8(10)11)12-5-3-4-9/h6-7,9H,3-5H2,1-2H3,(H,10,11). The number of aliphatic carboxylic acids is 1. The lowest BCUT2D eigenvalue weighted by molar-refractivity contribution is -0.153. The van der Waals surface area contributed by atoms with E-state index in [0.717, 1.165) is 0 Å². The Kier molecular flexibility index (Phi) is 5.66. The first kappa shape index (κ1) is 11.4. The van der Waals surface area contributed by atoms with Crippen molar-refractivity contribution in [1.29, 1.82) is 0 Å². The molecule has 0 aromatic rings. The highest BCUT2D eigenvalue weighted by molar-refractivity contribution is 5.72. The number of carbonyl (C=O) groups is 1. The number of rotatable bonds is 6. The monoisotopic (exact) mass is 176 g/mol. The average molecular weight is 176 g/mol. The van der Waals surface area contributed by atoms with Gasteiger partial charge in [-0.15, -0.1) is 0 Å². The van der Waals surface area contributed by atoms with E-state index in [1.807, 2.05) is 0 Å². The van der Waals surface area contributed by atoms with Crippen molar-refractivity contribution in [3.05, 3.63) is 0 Å². The van der Waals surface area contributed by atoms with Gasteiger partial charge in [-0.05, 0) is 12.3 Å². The van der Waals surface area contributed by atoms with Gasteiger partial charge in [-0.3, -0.25) is 0 Å². The number of carboxylic acid groups (broad SMARTS) is 1. The van der Waals surface area contributed by atoms with E-state index in [4.69, 9.17) is 14.9 Å². The average Bonchev–Trinajstić information content (AvgIpc) is 1.96. The fourth-order valence-electron chi connectivity index (χ4n) is 0.824. The van der Waals surface area contributed by atoms with Crippen molar-refractivity contribution in [1.82, 2.24) is 0 Å². The molecule has 0 aliphatic rings. The van der Waals surface area contributed by atoms with E-state index < -0.39 is 12.1 Å². The largest absolute Gasteiger partial charge is 0.479 e. The molecule has 1 atom stereocenters. The molecule has 0 rings (SSSR count). The number of carboxylic acids is 1. The van der Waals surface area contributed by atoms with E-state index >= 15 is 0 Å². The minimum Gasteiger partial charge on any atom is -0.479 e. The Bertz CT molecular complexity index is 133. The van der Waals surface area contributed by atoms with Crippen LogP contribution in [0.4, 0.5) is 0 Å². The van der Waals surface area contributed by atoms with Gasteiger partial charge >= 0.3 is 5.97 Å². The second kappa shape index (κ2) is 5.97. The van der Waals surface area contributed by atoms with Crippen molar-refractivity contribution >= 4 is 5.97 Å². The Morgan fingerprint density at radius 1 is 1.50 bits per heavy atom. The lowest BCUT2D eigenvalue weighted by atomic mass is 10.1. The van der Waals surface area contributed by atoms with Crippen LogP contribution >= 0.6 is 0 Å². The predicted molar refractivity (Wildman–Crippen MR) is 43.9 cm³/mol. The summed E-state index contributed by atoms with van der Waals surface area (Å²) >= 11 is 0. The number of aliphatic hydroxyl groups excluding tert-OH is 1. The topological polar surface area (TPSA) is 66.8 Å². The summed E-state index contributed by atoms with van der Waals surface area (Å²) in [5.41, 5.74) is 0. The molecule has 72 valence electrons. The van der Waals surface area contributed by atoms with Gasteiger partial charge in [0.2, 0.25) is 0 Å². The zero-order chi connectivity index (χ0) is 9.56. The second-order valence-electron chi connectivity index (χ2n) is 2.95. The lowest BCUT2D eigenvalue weighted by Gasteiger charge is -2.16. The van der Waals surface area contributed by atoms with Gasteiger partial charge in [0.05, 0.1) is 0 Å². The van der Waals surface area contributed by atoms with E-state index in [1.165, 1.54) is 0 Å². The summed E-state index contributed by atoms with van der Waals surface area (Å²) in [6, 6.07) is 0. The summed E-state index contributed by atoms with van der Waals surface area (Å²) < 4.78 is 5.05. The fourth-order valence-corrected chi connectivity index (χ4v) is 0.824. The lowest BCUT2D eigenvalue weighted by Crippen LogP contribution is -2.29. The highest BCUT2D eigenvalue weighted by Gasteiger charge is 2.21. The van der Waals surface area contributed by atoms with Gasteiger partial charge in [-0.2, -0.15) is 0 Å². The summed E-state index contributed by atoms with van der Waals surface area (Å²) in [6.07, 6.45) is -0.271. The van der Waals surface area contributed by atoms with Crippen molar-refractivity contribution in [3.8, 4) is 0 Å². The molecule has 0 aromatic heterocycles. The predicted octanol–water partition coefficient (Wildman–Crippen LogP) is 0.495. The summed E-state index contributed by atoms with van der Waals surface area (Å²) in [5, 5.41) is 17.1. The maximum absolute atomic E-state index is 10.5. The normalized spacial score (nSPS) is 13.3. The first-order chi connectivity index (χ1) is 5.59. The number of hydrogen-bond donors (Lipinski definition) is 2. The molecule has 0 spiro atoms. The van der Waals surface area contributed by atoms with Crippen molar-refractivity contribution in [3.63, 3.8) is 0 Å². The summed E-state index contributed by atoms with van der Waals surface area (Å²) in [5.74, 6) is -0.982. The molecule has 4 heteroatoms. The third-order valence-corrected chi connectivity index (χ3v) is 1.45. The molecule has 0 fully saturated rings. The van der Waals surface area contributed by atoms with Crippen LogP contribution in [0.2, 0.25) is 0 Å². The molecule has 0 aliphatic heterocycles. The Balaban J connectivity index is 3.72. The van der Waals surface area contributed by atoms with E-state index in [2.05, 4.69) is 0 Å². The maximum Gasteiger partial charge on any atom is 0.333 e. The van der Waals surface area contributed by atoms with Crippen molar-refractivity contribution in [2.75, 3.05) is 13.2 Å². The van der Waals surface area contributed by atoms with Crippen molar-refractivity contribution in [2.24, 2.45) is 5.92 Å². The van der Waals surface area contributed by atoms with Gasteiger partial charge in [-0.25, -0.2) is 4.79 Å². The Hall–Kier alpha value is -0.610. The first-order valence-electron chi connectivity index (χ1n) is 4.05. The third-order valence-electron chi connectivity index (χ3n) is 1.45. The molecule has 0 radical (unpaired) electrons. The Labute approximate surface area is 72.2 Å². The minimum atomic E-state index is -0.942. The highest BCUT2D eigenvalue weighted by Crippen LogP contribution is 2.06. The van der Waals surface area contributed by atoms with Crippen LogP contribution in [0.15, 0.2) is 0 Å². The van der Waals surface area contributed by atoms with Crippen LogP contribution in [0.1, 0.15) is 20.3 Å². The summed E-state index contributed by atoms with van der Waals surface area (Å²) in [4.78, 5) is 10.5. The molecule has 0 heterocycles.